The minimum absolute atomic E-state index is 0.0369. The third-order valence-corrected chi connectivity index (χ3v) is 6.65. The van der Waals surface area contributed by atoms with E-state index >= 15 is 0 Å². The van der Waals surface area contributed by atoms with Crippen LogP contribution < -0.4 is 4.72 Å². The molecule has 1 aromatic carbocycles. The van der Waals surface area contributed by atoms with Gasteiger partial charge < -0.3 is 0 Å². The van der Waals surface area contributed by atoms with Crippen molar-refractivity contribution in [3.8, 4) is 11.1 Å². The molecule has 0 radical (unpaired) electrons. The number of carbonyl (C=O) groups excluding carboxylic acids is 1. The number of pyridine rings is 1. The summed E-state index contributed by atoms with van der Waals surface area (Å²) >= 11 is 0. The number of hydrogen-bond donors (Lipinski definition) is 1. The number of aryl methyl sites for hydroxylation is 1. The van der Waals surface area contributed by atoms with Gasteiger partial charge in [0.25, 0.3) is 0 Å². The first-order valence-electron chi connectivity index (χ1n) is 9.70. The van der Waals surface area contributed by atoms with E-state index in [0.29, 0.717) is 12.1 Å². The number of fused-ring (bicyclic) bond motifs is 1. The van der Waals surface area contributed by atoms with Gasteiger partial charge in [-0.1, -0.05) is 18.2 Å². The van der Waals surface area contributed by atoms with E-state index < -0.39 is 10.0 Å². The molecule has 5 nitrogen and oxygen atoms in total. The van der Waals surface area contributed by atoms with Crippen molar-refractivity contribution in [2.24, 2.45) is 5.92 Å². The van der Waals surface area contributed by atoms with Crippen molar-refractivity contribution >= 4 is 27.6 Å². The number of hydrogen-bond acceptors (Lipinski definition) is 4. The van der Waals surface area contributed by atoms with Crippen LogP contribution in [-0.2, 0) is 27.7 Å². The molecule has 0 bridgehead atoms. The lowest BCUT2D eigenvalue weighted by Crippen LogP contribution is -2.15. The molecule has 0 amide bonds. The molecular formula is C22H24N2O3S. The number of ketones is 1. The van der Waals surface area contributed by atoms with Gasteiger partial charge in [-0.3, -0.25) is 14.5 Å². The van der Waals surface area contributed by atoms with Crippen LogP contribution in [0.2, 0.25) is 0 Å². The van der Waals surface area contributed by atoms with Crippen LogP contribution in [0.1, 0.15) is 42.3 Å². The lowest BCUT2D eigenvalue weighted by atomic mass is 9.96. The predicted octanol–water partition coefficient (Wildman–Crippen LogP) is 3.91. The summed E-state index contributed by atoms with van der Waals surface area (Å²) in [6.07, 6.45) is 7.34. The Morgan fingerprint density at radius 1 is 1.25 bits per heavy atom. The molecule has 146 valence electrons. The molecule has 1 aromatic heterocycles. The first-order valence-corrected chi connectivity index (χ1v) is 11.3. The molecule has 1 saturated carbocycles. The number of allylic oxidation sites excluding steroid dienone is 1. The lowest BCUT2D eigenvalue weighted by molar-refractivity contribution is -0.119. The summed E-state index contributed by atoms with van der Waals surface area (Å²) in [6, 6.07) is 7.73. The molecule has 2 aliphatic carbocycles. The van der Waals surface area contributed by atoms with Crippen molar-refractivity contribution < 1.29 is 13.2 Å². The highest BCUT2D eigenvalue weighted by Crippen LogP contribution is 2.35. The molecule has 0 spiro atoms. The molecule has 28 heavy (non-hydrogen) atoms. The van der Waals surface area contributed by atoms with E-state index in [1.807, 2.05) is 25.1 Å². The van der Waals surface area contributed by atoms with E-state index in [9.17, 15) is 13.2 Å². The number of anilines is 1. The third kappa shape index (κ3) is 3.87. The van der Waals surface area contributed by atoms with Crippen LogP contribution in [0.5, 0.6) is 0 Å². The standard InChI is InChI=1S/C22H24N2O3S/c1-3-28(26,27)24-20-10-9-16(11-14(20)2)19-12-17(13-22(25)15-7-8-15)23-21-6-4-5-18(19)21/h4-5,9-12,15,24H,3,6-8,13H2,1-2H3. The van der Waals surface area contributed by atoms with E-state index in [0.717, 1.165) is 52.9 Å². The summed E-state index contributed by atoms with van der Waals surface area (Å²) in [5.41, 5.74) is 6.41. The van der Waals surface area contributed by atoms with Crippen molar-refractivity contribution in [1.29, 1.82) is 0 Å². The van der Waals surface area contributed by atoms with Gasteiger partial charge in [-0.25, -0.2) is 8.42 Å². The minimum atomic E-state index is -3.31. The number of carbonyl (C=O) groups is 1. The molecule has 0 saturated heterocycles. The smallest absolute Gasteiger partial charge is 0.232 e. The number of nitrogens with zero attached hydrogens (tertiary/aromatic N) is 1. The largest absolute Gasteiger partial charge is 0.299 e. The average Bonchev–Trinajstić information content (AvgIpc) is 3.41. The highest BCUT2D eigenvalue weighted by Gasteiger charge is 2.30. The van der Waals surface area contributed by atoms with E-state index in [2.05, 4.69) is 16.9 Å². The molecule has 2 aromatic rings. The molecule has 0 aliphatic heterocycles. The zero-order chi connectivity index (χ0) is 19.9. The molecule has 0 unspecified atom stereocenters. The van der Waals surface area contributed by atoms with Gasteiger partial charge in [-0.05, 0) is 61.6 Å². The first kappa shape index (κ1) is 18.9. The van der Waals surface area contributed by atoms with Crippen LogP contribution >= 0.6 is 0 Å². The van der Waals surface area contributed by atoms with Gasteiger partial charge in [-0.15, -0.1) is 0 Å². The normalized spacial score (nSPS) is 15.5. The maximum atomic E-state index is 12.3. The highest BCUT2D eigenvalue weighted by molar-refractivity contribution is 7.92. The Morgan fingerprint density at radius 2 is 2.04 bits per heavy atom. The van der Waals surface area contributed by atoms with E-state index in [-0.39, 0.29) is 17.5 Å². The Bertz CT molecular complexity index is 1080. The number of sulfonamides is 1. The molecule has 6 heteroatoms. The number of benzene rings is 1. The van der Waals surface area contributed by atoms with Crippen LogP contribution in [0.15, 0.2) is 30.3 Å². The lowest BCUT2D eigenvalue weighted by Gasteiger charge is -2.14. The Labute approximate surface area is 165 Å². The number of Topliss-reactive ketones (excluding diaryl/α,β-unsaturated/α-hetero) is 1. The van der Waals surface area contributed by atoms with Gasteiger partial charge in [0, 0.05) is 30.0 Å². The highest BCUT2D eigenvalue weighted by atomic mass is 32.2. The molecule has 1 heterocycles. The van der Waals surface area contributed by atoms with Crippen molar-refractivity contribution in [3.05, 3.63) is 52.9 Å². The maximum absolute atomic E-state index is 12.3. The van der Waals surface area contributed by atoms with Crippen LogP contribution in [-0.4, -0.2) is 24.9 Å². The van der Waals surface area contributed by atoms with Crippen molar-refractivity contribution in [2.75, 3.05) is 10.5 Å². The van der Waals surface area contributed by atoms with Crippen LogP contribution in [0.3, 0.4) is 0 Å². The van der Waals surface area contributed by atoms with Crippen LogP contribution in [0, 0.1) is 12.8 Å². The summed E-state index contributed by atoms with van der Waals surface area (Å²) in [4.78, 5) is 17.0. The van der Waals surface area contributed by atoms with Gasteiger partial charge in [0.05, 0.1) is 17.1 Å². The predicted molar refractivity (Wildman–Crippen MR) is 112 cm³/mol. The zero-order valence-corrected chi connectivity index (χ0v) is 17.0. The third-order valence-electron chi connectivity index (χ3n) is 5.36. The number of aromatic nitrogens is 1. The number of rotatable bonds is 7. The summed E-state index contributed by atoms with van der Waals surface area (Å²) < 4.78 is 26.4. The Morgan fingerprint density at radius 3 is 2.71 bits per heavy atom. The van der Waals surface area contributed by atoms with E-state index in [1.165, 1.54) is 0 Å². The second kappa shape index (κ2) is 7.17. The fourth-order valence-electron chi connectivity index (χ4n) is 3.54. The average molecular weight is 397 g/mol. The molecule has 4 rings (SSSR count). The minimum Gasteiger partial charge on any atom is -0.299 e. The Kier molecular flexibility index (Phi) is 4.83. The summed E-state index contributed by atoms with van der Waals surface area (Å²) in [7, 11) is -3.31. The topological polar surface area (TPSA) is 76.1 Å². The summed E-state index contributed by atoms with van der Waals surface area (Å²) in [5, 5.41) is 0. The second-order valence-electron chi connectivity index (χ2n) is 7.58. The summed E-state index contributed by atoms with van der Waals surface area (Å²) in [6.45, 7) is 3.51. The van der Waals surface area contributed by atoms with Crippen molar-refractivity contribution in [3.63, 3.8) is 0 Å². The fourth-order valence-corrected chi connectivity index (χ4v) is 4.25. The Hall–Kier alpha value is -2.47. The van der Waals surface area contributed by atoms with E-state index in [1.54, 1.807) is 13.0 Å². The summed E-state index contributed by atoms with van der Waals surface area (Å²) in [5.74, 6) is 0.546. The Balaban J connectivity index is 1.70. The van der Waals surface area contributed by atoms with Gasteiger partial charge in [0.2, 0.25) is 10.0 Å². The maximum Gasteiger partial charge on any atom is 0.232 e. The molecule has 1 N–H and O–H groups in total. The molecule has 2 aliphatic rings. The number of nitrogens with one attached hydrogen (secondary N) is 1. The van der Waals surface area contributed by atoms with Crippen LogP contribution in [0.25, 0.3) is 17.2 Å². The first-order chi connectivity index (χ1) is 13.4. The van der Waals surface area contributed by atoms with Gasteiger partial charge in [0.15, 0.2) is 0 Å². The fraction of sp³-hybridized carbons (Fsp3) is 0.364. The van der Waals surface area contributed by atoms with Gasteiger partial charge in [-0.2, -0.15) is 0 Å². The van der Waals surface area contributed by atoms with Crippen LogP contribution in [0.4, 0.5) is 5.69 Å². The zero-order valence-electron chi connectivity index (χ0n) is 16.2. The molecule has 1 fully saturated rings. The quantitative estimate of drug-likeness (QED) is 0.770. The van der Waals surface area contributed by atoms with E-state index in [4.69, 9.17) is 4.98 Å². The van der Waals surface area contributed by atoms with Crippen molar-refractivity contribution in [1.82, 2.24) is 4.98 Å². The molecule has 0 atom stereocenters. The van der Waals surface area contributed by atoms with Gasteiger partial charge >= 0.3 is 0 Å². The second-order valence-corrected chi connectivity index (χ2v) is 9.59. The SMILES string of the molecule is CCS(=O)(=O)Nc1ccc(-c2cc(CC(=O)C3CC3)nc3c2C=CC3)cc1C. The monoisotopic (exact) mass is 396 g/mol. The molecular weight excluding hydrogens is 372 g/mol. The van der Waals surface area contributed by atoms with Gasteiger partial charge in [0.1, 0.15) is 5.78 Å². The van der Waals surface area contributed by atoms with Crippen molar-refractivity contribution in [2.45, 2.75) is 39.5 Å².